The van der Waals surface area contributed by atoms with Gasteiger partial charge in [-0.3, -0.25) is 0 Å². The number of nitrogens with one attached hydrogen (secondary N) is 1. The van der Waals surface area contributed by atoms with Crippen LogP contribution in [0.4, 0.5) is 5.95 Å². The smallest absolute Gasteiger partial charge is 0.224 e. The zero-order valence-electron chi connectivity index (χ0n) is 10.9. The van der Waals surface area contributed by atoms with Crippen LogP contribution >= 0.6 is 15.9 Å². The number of hydrogen-bond donors (Lipinski definition) is 1. The molecule has 0 aliphatic heterocycles. The van der Waals surface area contributed by atoms with Crippen molar-refractivity contribution in [1.29, 1.82) is 0 Å². The Balaban J connectivity index is 1.85. The van der Waals surface area contributed by atoms with E-state index in [0.29, 0.717) is 10.4 Å². The summed E-state index contributed by atoms with van der Waals surface area (Å²) in [5, 5.41) is 4.16. The van der Waals surface area contributed by atoms with E-state index >= 15 is 0 Å². The minimum absolute atomic E-state index is 0.670. The molecule has 0 spiro atoms. The number of fused-ring (bicyclic) bond motifs is 1. The van der Waals surface area contributed by atoms with Crippen molar-refractivity contribution in [3.8, 4) is 0 Å². The second kappa shape index (κ2) is 5.50. The number of halogens is 1. The van der Waals surface area contributed by atoms with E-state index in [2.05, 4.69) is 42.9 Å². The van der Waals surface area contributed by atoms with Crippen LogP contribution in [0.15, 0.2) is 50.6 Å². The Hall–Kier alpha value is -2.08. The van der Waals surface area contributed by atoms with Crippen molar-refractivity contribution in [3.05, 3.63) is 46.8 Å². The van der Waals surface area contributed by atoms with Crippen molar-refractivity contribution < 1.29 is 4.42 Å². The van der Waals surface area contributed by atoms with Crippen molar-refractivity contribution in [1.82, 2.24) is 9.55 Å². The number of imidazole rings is 1. The third kappa shape index (κ3) is 2.46. The van der Waals surface area contributed by atoms with Crippen LogP contribution in [0.25, 0.3) is 11.0 Å². The largest absolute Gasteiger partial charge is 0.448 e. The first-order valence-electron chi connectivity index (χ1n) is 6.27. The van der Waals surface area contributed by atoms with Crippen LogP contribution in [0.5, 0.6) is 0 Å². The first-order chi connectivity index (χ1) is 9.78. The van der Waals surface area contributed by atoms with Crippen molar-refractivity contribution >= 4 is 39.1 Å². The van der Waals surface area contributed by atoms with E-state index in [1.54, 1.807) is 6.21 Å². The summed E-state index contributed by atoms with van der Waals surface area (Å²) in [7, 11) is 0. The Morgan fingerprint density at radius 1 is 1.35 bits per heavy atom. The molecule has 3 rings (SSSR count). The number of furan rings is 1. The fourth-order valence-electron chi connectivity index (χ4n) is 2.03. The number of nitrogens with zero attached hydrogens (tertiary/aromatic N) is 3. The summed E-state index contributed by atoms with van der Waals surface area (Å²) in [5.74, 6) is 1.39. The van der Waals surface area contributed by atoms with Crippen molar-refractivity contribution in [3.63, 3.8) is 0 Å². The molecule has 0 saturated carbocycles. The van der Waals surface area contributed by atoms with E-state index in [0.717, 1.165) is 23.5 Å². The molecule has 0 atom stereocenters. The van der Waals surface area contributed by atoms with Gasteiger partial charge in [-0.2, -0.15) is 5.10 Å². The minimum atomic E-state index is 0.670. The molecule has 0 aliphatic rings. The van der Waals surface area contributed by atoms with Crippen LogP contribution in [-0.2, 0) is 6.54 Å². The number of anilines is 1. The van der Waals surface area contributed by atoms with Crippen LogP contribution in [0.1, 0.15) is 12.7 Å². The summed E-state index contributed by atoms with van der Waals surface area (Å²) in [6.07, 6.45) is 1.62. The van der Waals surface area contributed by atoms with Gasteiger partial charge in [-0.15, -0.1) is 0 Å². The van der Waals surface area contributed by atoms with Crippen LogP contribution < -0.4 is 5.43 Å². The topological polar surface area (TPSA) is 55.4 Å². The maximum atomic E-state index is 5.34. The summed E-state index contributed by atoms with van der Waals surface area (Å²) < 4.78 is 8.09. The lowest BCUT2D eigenvalue weighted by Crippen LogP contribution is -2.01. The van der Waals surface area contributed by atoms with Gasteiger partial charge in [-0.25, -0.2) is 10.4 Å². The zero-order valence-corrected chi connectivity index (χ0v) is 12.5. The molecule has 6 heteroatoms. The molecule has 3 aromatic rings. The van der Waals surface area contributed by atoms with Crippen LogP contribution in [0.3, 0.4) is 0 Å². The molecule has 0 unspecified atom stereocenters. The molecule has 0 fully saturated rings. The lowest BCUT2D eigenvalue weighted by atomic mass is 10.3. The van der Waals surface area contributed by atoms with Crippen molar-refractivity contribution in [2.24, 2.45) is 5.10 Å². The number of benzene rings is 1. The second-order valence-corrected chi connectivity index (χ2v) is 4.96. The molecule has 102 valence electrons. The Bertz CT molecular complexity index is 759. The Labute approximate surface area is 124 Å². The Kier molecular flexibility index (Phi) is 3.56. The highest BCUT2D eigenvalue weighted by molar-refractivity contribution is 9.10. The molecule has 0 amide bonds. The standard InChI is InChI=1S/C14H13BrN4O/c1-2-19-12-6-4-3-5-11(12)17-14(19)18-16-9-10-7-8-13(15)20-10/h3-9H,2H2,1H3,(H,17,18)/b16-9-. The molecule has 20 heavy (non-hydrogen) atoms. The van der Waals surface area contributed by atoms with Crippen molar-refractivity contribution in [2.45, 2.75) is 13.5 Å². The molecule has 0 aliphatic carbocycles. The number of para-hydroxylation sites is 2. The summed E-state index contributed by atoms with van der Waals surface area (Å²) in [6, 6.07) is 11.7. The molecule has 2 heterocycles. The summed E-state index contributed by atoms with van der Waals surface area (Å²) in [6.45, 7) is 2.90. The Morgan fingerprint density at radius 2 is 2.20 bits per heavy atom. The van der Waals surface area contributed by atoms with Gasteiger partial charge in [0.25, 0.3) is 0 Å². The lowest BCUT2D eigenvalue weighted by molar-refractivity contribution is 0.534. The number of hydrazone groups is 1. The fourth-order valence-corrected chi connectivity index (χ4v) is 2.35. The highest BCUT2D eigenvalue weighted by Gasteiger charge is 2.07. The van der Waals surface area contributed by atoms with Gasteiger partial charge in [0, 0.05) is 6.54 Å². The number of rotatable bonds is 4. The number of aromatic nitrogens is 2. The van der Waals surface area contributed by atoms with E-state index < -0.39 is 0 Å². The predicted octanol–water partition coefficient (Wildman–Crippen LogP) is 3.86. The monoisotopic (exact) mass is 332 g/mol. The second-order valence-electron chi connectivity index (χ2n) is 4.18. The molecule has 1 aromatic carbocycles. The van der Waals surface area contributed by atoms with Gasteiger partial charge in [0.1, 0.15) is 5.76 Å². The summed E-state index contributed by atoms with van der Waals surface area (Å²) in [4.78, 5) is 4.52. The molecule has 5 nitrogen and oxygen atoms in total. The van der Waals surface area contributed by atoms with E-state index in [4.69, 9.17) is 4.42 Å². The summed E-state index contributed by atoms with van der Waals surface area (Å²) >= 11 is 3.25. The SMILES string of the molecule is CCn1c(N/N=C\c2ccc(Br)o2)nc2ccccc21. The maximum Gasteiger partial charge on any atom is 0.224 e. The zero-order chi connectivity index (χ0) is 13.9. The molecule has 0 bridgehead atoms. The summed E-state index contributed by atoms with van der Waals surface area (Å²) in [5.41, 5.74) is 5.00. The van der Waals surface area contributed by atoms with E-state index in [-0.39, 0.29) is 0 Å². The normalized spacial score (nSPS) is 11.5. The van der Waals surface area contributed by atoms with Gasteiger partial charge in [0.2, 0.25) is 5.95 Å². The van der Waals surface area contributed by atoms with Gasteiger partial charge in [-0.05, 0) is 47.1 Å². The van der Waals surface area contributed by atoms with Crippen LogP contribution in [0, 0.1) is 0 Å². The minimum Gasteiger partial charge on any atom is -0.448 e. The van der Waals surface area contributed by atoms with Gasteiger partial charge >= 0.3 is 0 Å². The van der Waals surface area contributed by atoms with Gasteiger partial charge in [-0.1, -0.05) is 12.1 Å². The average Bonchev–Trinajstić information content (AvgIpc) is 3.02. The number of hydrogen-bond acceptors (Lipinski definition) is 4. The first-order valence-corrected chi connectivity index (χ1v) is 7.07. The van der Waals surface area contributed by atoms with E-state index in [1.807, 2.05) is 36.4 Å². The van der Waals surface area contributed by atoms with Gasteiger partial charge in [0.15, 0.2) is 4.67 Å². The fraction of sp³-hybridized carbons (Fsp3) is 0.143. The molecule has 1 N–H and O–H groups in total. The highest BCUT2D eigenvalue weighted by Crippen LogP contribution is 2.19. The van der Waals surface area contributed by atoms with E-state index in [9.17, 15) is 0 Å². The van der Waals surface area contributed by atoms with Gasteiger partial charge < -0.3 is 8.98 Å². The molecular weight excluding hydrogens is 320 g/mol. The molecule has 2 aromatic heterocycles. The molecular formula is C14H13BrN4O. The van der Waals surface area contributed by atoms with Crippen LogP contribution in [-0.4, -0.2) is 15.8 Å². The third-order valence-corrected chi connectivity index (χ3v) is 3.35. The highest BCUT2D eigenvalue weighted by atomic mass is 79.9. The Morgan fingerprint density at radius 3 is 2.95 bits per heavy atom. The van der Waals surface area contributed by atoms with Gasteiger partial charge in [0.05, 0.1) is 17.2 Å². The average molecular weight is 333 g/mol. The first kappa shape index (κ1) is 12.9. The lowest BCUT2D eigenvalue weighted by Gasteiger charge is -2.03. The number of aryl methyl sites for hydroxylation is 1. The molecule has 0 radical (unpaired) electrons. The quantitative estimate of drug-likeness (QED) is 0.583. The van der Waals surface area contributed by atoms with E-state index in [1.165, 1.54) is 0 Å². The van der Waals surface area contributed by atoms with Crippen LogP contribution in [0.2, 0.25) is 0 Å². The predicted molar refractivity (Wildman–Crippen MR) is 83.0 cm³/mol. The molecule has 0 saturated heterocycles. The third-order valence-electron chi connectivity index (χ3n) is 2.92. The maximum absolute atomic E-state index is 5.34. The van der Waals surface area contributed by atoms with Crippen molar-refractivity contribution in [2.75, 3.05) is 5.43 Å².